The van der Waals surface area contributed by atoms with Crippen molar-refractivity contribution in [3.63, 3.8) is 0 Å². The van der Waals surface area contributed by atoms with Gasteiger partial charge in [0.2, 0.25) is 0 Å². The van der Waals surface area contributed by atoms with Crippen LogP contribution in [0.1, 0.15) is 23.6 Å². The molecule has 0 saturated heterocycles. The summed E-state index contributed by atoms with van der Waals surface area (Å²) in [7, 11) is 1.69. The van der Waals surface area contributed by atoms with E-state index in [0.717, 1.165) is 29.0 Å². The SMILES string of the molecule is COc1ccccc1CC(C)Nc1ccc(C)c(O)c1C. The number of phenolic OH excluding ortho intramolecular Hbond substituents is 1. The van der Waals surface area contributed by atoms with Crippen LogP contribution in [0.3, 0.4) is 0 Å². The fourth-order valence-electron chi connectivity index (χ4n) is 2.51. The van der Waals surface area contributed by atoms with E-state index in [9.17, 15) is 5.11 Å². The number of rotatable bonds is 5. The molecule has 0 saturated carbocycles. The summed E-state index contributed by atoms with van der Waals surface area (Å²) in [6.45, 7) is 5.97. The van der Waals surface area contributed by atoms with Gasteiger partial charge in [0.05, 0.1) is 7.11 Å². The Morgan fingerprint density at radius 1 is 1.14 bits per heavy atom. The van der Waals surface area contributed by atoms with E-state index < -0.39 is 0 Å². The van der Waals surface area contributed by atoms with Crippen molar-refractivity contribution >= 4 is 5.69 Å². The summed E-state index contributed by atoms with van der Waals surface area (Å²) in [4.78, 5) is 0. The molecule has 0 bridgehead atoms. The summed E-state index contributed by atoms with van der Waals surface area (Å²) in [5, 5.41) is 13.5. The maximum atomic E-state index is 10.0. The molecule has 2 aromatic rings. The van der Waals surface area contributed by atoms with Gasteiger partial charge in [-0.1, -0.05) is 24.3 Å². The molecule has 21 heavy (non-hydrogen) atoms. The molecule has 1 atom stereocenters. The largest absolute Gasteiger partial charge is 0.507 e. The van der Waals surface area contributed by atoms with Gasteiger partial charge in [0, 0.05) is 17.3 Å². The molecule has 112 valence electrons. The molecular formula is C18H23NO2. The molecule has 0 radical (unpaired) electrons. The second-order valence-electron chi connectivity index (χ2n) is 5.46. The number of nitrogens with one attached hydrogen (secondary N) is 1. The fourth-order valence-corrected chi connectivity index (χ4v) is 2.51. The predicted octanol–water partition coefficient (Wildman–Crippen LogP) is 4.06. The molecule has 0 fully saturated rings. The monoisotopic (exact) mass is 285 g/mol. The van der Waals surface area contributed by atoms with Crippen molar-refractivity contribution in [1.82, 2.24) is 0 Å². The van der Waals surface area contributed by atoms with Crippen LogP contribution in [0.4, 0.5) is 5.69 Å². The number of benzene rings is 2. The Labute approximate surface area is 126 Å². The van der Waals surface area contributed by atoms with Crippen molar-refractivity contribution in [3.8, 4) is 11.5 Å². The van der Waals surface area contributed by atoms with E-state index in [0.29, 0.717) is 5.75 Å². The minimum absolute atomic E-state index is 0.238. The summed E-state index contributed by atoms with van der Waals surface area (Å²) in [6.07, 6.45) is 0.859. The maximum absolute atomic E-state index is 10.0. The van der Waals surface area contributed by atoms with Gasteiger partial charge in [0.1, 0.15) is 11.5 Å². The van der Waals surface area contributed by atoms with Crippen LogP contribution in [0.25, 0.3) is 0 Å². The number of aromatic hydroxyl groups is 1. The van der Waals surface area contributed by atoms with Crippen LogP contribution in [0.15, 0.2) is 36.4 Å². The lowest BCUT2D eigenvalue weighted by Gasteiger charge is -2.19. The summed E-state index contributed by atoms with van der Waals surface area (Å²) >= 11 is 0. The van der Waals surface area contributed by atoms with Gasteiger partial charge in [0.25, 0.3) is 0 Å². The summed E-state index contributed by atoms with van der Waals surface area (Å²) < 4.78 is 5.39. The van der Waals surface area contributed by atoms with E-state index in [1.807, 2.05) is 44.2 Å². The minimum Gasteiger partial charge on any atom is -0.507 e. The quantitative estimate of drug-likeness (QED) is 0.870. The Kier molecular flexibility index (Phi) is 4.73. The number of hydrogen-bond acceptors (Lipinski definition) is 3. The Balaban J connectivity index is 2.12. The van der Waals surface area contributed by atoms with Gasteiger partial charge >= 0.3 is 0 Å². The molecule has 0 heterocycles. The second kappa shape index (κ2) is 6.53. The zero-order chi connectivity index (χ0) is 15.4. The standard InChI is InChI=1S/C18H23NO2/c1-12-9-10-16(14(3)18(12)20)19-13(2)11-15-7-5-6-8-17(15)21-4/h5-10,13,19-20H,11H2,1-4H3. The van der Waals surface area contributed by atoms with E-state index in [4.69, 9.17) is 4.74 Å². The molecule has 0 aliphatic carbocycles. The molecule has 0 aliphatic rings. The molecule has 2 N–H and O–H groups in total. The minimum atomic E-state index is 0.238. The Morgan fingerprint density at radius 2 is 1.86 bits per heavy atom. The number of para-hydroxylation sites is 1. The van der Waals surface area contributed by atoms with Crippen LogP contribution in [0.2, 0.25) is 0 Å². The van der Waals surface area contributed by atoms with Gasteiger partial charge in [-0.25, -0.2) is 0 Å². The van der Waals surface area contributed by atoms with Gasteiger partial charge in [-0.15, -0.1) is 0 Å². The Bertz CT molecular complexity index is 623. The van der Waals surface area contributed by atoms with Crippen LogP contribution in [0, 0.1) is 13.8 Å². The topological polar surface area (TPSA) is 41.5 Å². The number of hydrogen-bond donors (Lipinski definition) is 2. The van der Waals surface area contributed by atoms with Crippen molar-refractivity contribution in [2.45, 2.75) is 33.2 Å². The highest BCUT2D eigenvalue weighted by atomic mass is 16.5. The van der Waals surface area contributed by atoms with Crippen LogP contribution < -0.4 is 10.1 Å². The van der Waals surface area contributed by atoms with Crippen LogP contribution in [-0.4, -0.2) is 18.3 Å². The summed E-state index contributed by atoms with van der Waals surface area (Å²) in [5.41, 5.74) is 3.94. The maximum Gasteiger partial charge on any atom is 0.123 e. The zero-order valence-corrected chi connectivity index (χ0v) is 13.1. The third kappa shape index (κ3) is 3.48. The predicted molar refractivity (Wildman–Crippen MR) is 87.4 cm³/mol. The lowest BCUT2D eigenvalue weighted by Crippen LogP contribution is -2.19. The molecule has 2 aromatic carbocycles. The van der Waals surface area contributed by atoms with Crippen LogP contribution >= 0.6 is 0 Å². The molecule has 2 rings (SSSR count). The van der Waals surface area contributed by atoms with Crippen molar-refractivity contribution in [1.29, 1.82) is 0 Å². The molecule has 0 aliphatic heterocycles. The summed E-state index contributed by atoms with van der Waals surface area (Å²) in [6, 6.07) is 12.2. The third-order valence-corrected chi connectivity index (χ3v) is 3.75. The lowest BCUT2D eigenvalue weighted by atomic mass is 10.0. The third-order valence-electron chi connectivity index (χ3n) is 3.75. The highest BCUT2D eigenvalue weighted by molar-refractivity contribution is 5.59. The average Bonchev–Trinajstić information content (AvgIpc) is 2.48. The van der Waals surface area contributed by atoms with Gasteiger partial charge in [-0.2, -0.15) is 0 Å². The zero-order valence-electron chi connectivity index (χ0n) is 13.1. The second-order valence-corrected chi connectivity index (χ2v) is 5.46. The molecule has 0 aromatic heterocycles. The Hall–Kier alpha value is -2.16. The van der Waals surface area contributed by atoms with E-state index in [1.54, 1.807) is 7.11 Å². The molecule has 0 amide bonds. The number of aryl methyl sites for hydroxylation is 1. The van der Waals surface area contributed by atoms with Gasteiger partial charge < -0.3 is 15.2 Å². The van der Waals surface area contributed by atoms with Gasteiger partial charge in [-0.3, -0.25) is 0 Å². The van der Waals surface area contributed by atoms with E-state index >= 15 is 0 Å². The van der Waals surface area contributed by atoms with E-state index in [2.05, 4.69) is 18.3 Å². The van der Waals surface area contributed by atoms with Crippen LogP contribution in [-0.2, 0) is 6.42 Å². The molecule has 0 spiro atoms. The summed E-state index contributed by atoms with van der Waals surface area (Å²) in [5.74, 6) is 1.28. The van der Waals surface area contributed by atoms with E-state index in [1.165, 1.54) is 5.56 Å². The number of methoxy groups -OCH3 is 1. The number of anilines is 1. The normalized spacial score (nSPS) is 12.0. The lowest BCUT2D eigenvalue weighted by molar-refractivity contribution is 0.409. The average molecular weight is 285 g/mol. The van der Waals surface area contributed by atoms with Crippen molar-refractivity contribution in [2.24, 2.45) is 0 Å². The van der Waals surface area contributed by atoms with Crippen molar-refractivity contribution in [3.05, 3.63) is 53.1 Å². The number of ether oxygens (including phenoxy) is 1. The molecule has 3 nitrogen and oxygen atoms in total. The van der Waals surface area contributed by atoms with Gasteiger partial charge in [-0.05, 0) is 50.5 Å². The first-order chi connectivity index (χ1) is 10.0. The van der Waals surface area contributed by atoms with Crippen molar-refractivity contribution in [2.75, 3.05) is 12.4 Å². The highest BCUT2D eigenvalue weighted by Crippen LogP contribution is 2.29. The number of phenols is 1. The molecule has 1 unspecified atom stereocenters. The first-order valence-electron chi connectivity index (χ1n) is 7.20. The van der Waals surface area contributed by atoms with Crippen molar-refractivity contribution < 1.29 is 9.84 Å². The first kappa shape index (κ1) is 15.2. The molecule has 3 heteroatoms. The van der Waals surface area contributed by atoms with Crippen LogP contribution in [0.5, 0.6) is 11.5 Å². The fraction of sp³-hybridized carbons (Fsp3) is 0.333. The smallest absolute Gasteiger partial charge is 0.123 e. The molecular weight excluding hydrogens is 262 g/mol. The highest BCUT2D eigenvalue weighted by Gasteiger charge is 2.11. The Morgan fingerprint density at radius 3 is 2.57 bits per heavy atom. The van der Waals surface area contributed by atoms with Gasteiger partial charge in [0.15, 0.2) is 0 Å². The van der Waals surface area contributed by atoms with E-state index in [-0.39, 0.29) is 6.04 Å². The first-order valence-corrected chi connectivity index (χ1v) is 7.20.